The predicted molar refractivity (Wildman–Crippen MR) is 146 cm³/mol. The van der Waals surface area contributed by atoms with Crippen molar-refractivity contribution < 1.29 is 26.8 Å². The monoisotopic (exact) mass is 561 g/mol. The van der Waals surface area contributed by atoms with Crippen molar-refractivity contribution in [2.45, 2.75) is 37.6 Å². The number of hydrogen-bond acceptors (Lipinski definition) is 8. The van der Waals surface area contributed by atoms with Crippen LogP contribution in [0.25, 0.3) is 11.1 Å². The number of amides is 1. The second-order valence-electron chi connectivity index (χ2n) is 8.81. The molecule has 1 amide bonds. The molecular weight excluding hydrogens is 530 g/mol. The first-order valence-corrected chi connectivity index (χ1v) is 15.0. The van der Waals surface area contributed by atoms with Gasteiger partial charge in [-0.05, 0) is 48.3 Å². The quantitative estimate of drug-likeness (QED) is 0.267. The van der Waals surface area contributed by atoms with E-state index in [4.69, 9.17) is 16.1 Å². The van der Waals surface area contributed by atoms with E-state index < -0.39 is 32.0 Å². The Labute approximate surface area is 222 Å². The molecule has 0 saturated carbocycles. The van der Waals surface area contributed by atoms with Gasteiger partial charge in [-0.15, -0.1) is 0 Å². The van der Waals surface area contributed by atoms with E-state index in [2.05, 4.69) is 10.5 Å². The summed E-state index contributed by atoms with van der Waals surface area (Å²) in [5.74, 6) is -0.552. The number of rotatable bonds is 9. The molecular formula is C25H31N5O6S2. The van der Waals surface area contributed by atoms with E-state index in [1.807, 2.05) is 0 Å². The number of anilines is 1. The van der Waals surface area contributed by atoms with Crippen LogP contribution in [0.5, 0.6) is 0 Å². The maximum atomic E-state index is 13.4. The fourth-order valence-electron chi connectivity index (χ4n) is 4.33. The van der Waals surface area contributed by atoms with Gasteiger partial charge in [-0.1, -0.05) is 48.5 Å². The topological polar surface area (TPSA) is 185 Å². The molecule has 204 valence electrons. The summed E-state index contributed by atoms with van der Waals surface area (Å²) < 4.78 is 50.1. The summed E-state index contributed by atoms with van der Waals surface area (Å²) in [5, 5.41) is 20.4. The minimum Gasteiger partial charge on any atom is -0.411 e. The molecule has 1 aliphatic carbocycles. The fraction of sp³-hybridized carbons (Fsp3) is 0.280. The summed E-state index contributed by atoms with van der Waals surface area (Å²) >= 11 is 0. The third kappa shape index (κ3) is 6.48. The van der Waals surface area contributed by atoms with Crippen molar-refractivity contribution in [3.63, 3.8) is 0 Å². The van der Waals surface area contributed by atoms with Crippen LogP contribution in [0.2, 0.25) is 0 Å². The highest BCUT2D eigenvalue weighted by Crippen LogP contribution is 2.29. The van der Waals surface area contributed by atoms with Gasteiger partial charge < -0.3 is 16.3 Å². The molecule has 0 bridgehead atoms. The lowest BCUT2D eigenvalue weighted by Crippen LogP contribution is -2.47. The van der Waals surface area contributed by atoms with Crippen LogP contribution in [-0.4, -0.2) is 56.8 Å². The molecule has 0 saturated heterocycles. The van der Waals surface area contributed by atoms with E-state index in [0.717, 1.165) is 10.6 Å². The highest BCUT2D eigenvalue weighted by Gasteiger charge is 2.33. The smallest absolute Gasteiger partial charge is 0.243 e. The van der Waals surface area contributed by atoms with E-state index >= 15 is 0 Å². The molecule has 3 rings (SSSR count). The van der Waals surface area contributed by atoms with Gasteiger partial charge in [0, 0.05) is 24.2 Å². The molecule has 0 radical (unpaired) electrons. The second kappa shape index (κ2) is 11.5. The number of likely N-dealkylation sites (N-methyl/N-ethyl adjacent to an activating group) is 1. The average Bonchev–Trinajstić information content (AvgIpc) is 2.85. The number of allylic oxidation sites excluding steroid dienone is 3. The van der Waals surface area contributed by atoms with E-state index in [-0.39, 0.29) is 30.0 Å². The molecule has 0 heterocycles. The third-order valence-electron chi connectivity index (χ3n) is 6.32. The van der Waals surface area contributed by atoms with Crippen LogP contribution >= 0.6 is 0 Å². The van der Waals surface area contributed by atoms with Gasteiger partial charge in [0.2, 0.25) is 26.0 Å². The fourth-order valence-corrected chi connectivity index (χ4v) is 6.20. The minimum absolute atomic E-state index is 0.0264. The molecule has 0 fully saturated rings. The Morgan fingerprint density at radius 2 is 1.76 bits per heavy atom. The molecule has 0 aliphatic heterocycles. The van der Waals surface area contributed by atoms with Gasteiger partial charge in [0.1, 0.15) is 11.8 Å². The number of nitrogens with one attached hydrogen (secondary N) is 1. The summed E-state index contributed by atoms with van der Waals surface area (Å²) in [6, 6.07) is 11.7. The SMILES string of the molecule is CCN([C@@H](CC1=CCC(=NO)C(N)=C1C)C(=O)Nc1ccc(-c2ccccc2S(N)(=O)=O)cc1)S(C)(=O)=O. The summed E-state index contributed by atoms with van der Waals surface area (Å²) in [4.78, 5) is 13.4. The van der Waals surface area contributed by atoms with E-state index in [1.54, 1.807) is 62.4 Å². The Balaban J connectivity index is 1.91. The number of primary sulfonamides is 1. The van der Waals surface area contributed by atoms with Gasteiger partial charge in [-0.3, -0.25) is 4.79 Å². The van der Waals surface area contributed by atoms with E-state index in [0.29, 0.717) is 33.7 Å². The standard InChI is InChI=1S/C25H31N5O6S2/c1-4-30(37(3,33)34)22(15-18-11-14-21(29-32)24(26)16(18)2)25(31)28-19-12-9-17(10-13-19)20-7-5-6-8-23(20)38(27,35)36/h5-13,22,32H,4,14-15,26H2,1-3H3,(H,28,31)(H2,27,35,36)/t22-/m0/s1. The van der Waals surface area contributed by atoms with Crippen molar-refractivity contribution in [2.75, 3.05) is 18.1 Å². The van der Waals surface area contributed by atoms with Crippen LogP contribution in [0.4, 0.5) is 5.69 Å². The lowest BCUT2D eigenvalue weighted by atomic mass is 9.90. The Kier molecular flexibility index (Phi) is 8.77. The summed E-state index contributed by atoms with van der Waals surface area (Å²) in [7, 11) is -7.69. The van der Waals surface area contributed by atoms with Crippen molar-refractivity contribution in [3.05, 3.63) is 71.5 Å². The Morgan fingerprint density at radius 3 is 2.32 bits per heavy atom. The number of carbonyl (C=O) groups excluding carboxylic acids is 1. The van der Waals surface area contributed by atoms with Crippen molar-refractivity contribution in [1.29, 1.82) is 0 Å². The summed E-state index contributed by atoms with van der Waals surface area (Å²) in [6.07, 6.45) is 3.10. The zero-order valence-electron chi connectivity index (χ0n) is 21.2. The molecule has 1 atom stereocenters. The average molecular weight is 562 g/mol. The van der Waals surface area contributed by atoms with Crippen LogP contribution in [0.15, 0.2) is 81.5 Å². The molecule has 2 aromatic rings. The molecule has 0 spiro atoms. The molecule has 0 unspecified atom stereocenters. The van der Waals surface area contributed by atoms with Crippen molar-refractivity contribution in [3.8, 4) is 11.1 Å². The number of carbonyl (C=O) groups is 1. The molecule has 1 aliphatic rings. The molecule has 6 N–H and O–H groups in total. The maximum absolute atomic E-state index is 13.4. The normalized spacial score (nSPS) is 16.4. The predicted octanol–water partition coefficient (Wildman–Crippen LogP) is 2.37. The lowest BCUT2D eigenvalue weighted by molar-refractivity contribution is -0.119. The Morgan fingerprint density at radius 1 is 1.13 bits per heavy atom. The second-order valence-corrected chi connectivity index (χ2v) is 12.3. The van der Waals surface area contributed by atoms with Gasteiger partial charge in [-0.25, -0.2) is 22.0 Å². The van der Waals surface area contributed by atoms with Crippen molar-refractivity contribution in [1.82, 2.24) is 4.31 Å². The van der Waals surface area contributed by atoms with Gasteiger partial charge >= 0.3 is 0 Å². The number of hydrogen-bond donors (Lipinski definition) is 4. The first-order valence-electron chi connectivity index (χ1n) is 11.6. The number of nitrogens with zero attached hydrogens (tertiary/aromatic N) is 2. The Hall–Kier alpha value is -3.52. The molecule has 38 heavy (non-hydrogen) atoms. The molecule has 0 aromatic heterocycles. The molecule has 2 aromatic carbocycles. The number of oxime groups is 1. The van der Waals surface area contributed by atoms with Crippen LogP contribution < -0.4 is 16.2 Å². The third-order valence-corrected chi connectivity index (χ3v) is 8.65. The maximum Gasteiger partial charge on any atom is 0.243 e. The highest BCUT2D eigenvalue weighted by molar-refractivity contribution is 7.89. The lowest BCUT2D eigenvalue weighted by Gasteiger charge is -2.30. The zero-order chi connectivity index (χ0) is 28.3. The van der Waals surface area contributed by atoms with Crippen LogP contribution in [0.3, 0.4) is 0 Å². The number of nitrogens with two attached hydrogens (primary N) is 2. The van der Waals surface area contributed by atoms with Crippen LogP contribution in [0.1, 0.15) is 26.7 Å². The minimum atomic E-state index is -3.95. The summed E-state index contributed by atoms with van der Waals surface area (Å²) in [6.45, 7) is 3.42. The van der Waals surface area contributed by atoms with Crippen molar-refractivity contribution in [2.24, 2.45) is 16.0 Å². The van der Waals surface area contributed by atoms with Crippen molar-refractivity contribution >= 4 is 37.4 Å². The number of benzene rings is 2. The number of sulfonamides is 2. The molecule has 13 heteroatoms. The van der Waals surface area contributed by atoms with Gasteiger partial charge in [0.05, 0.1) is 16.8 Å². The largest absolute Gasteiger partial charge is 0.411 e. The summed E-state index contributed by atoms with van der Waals surface area (Å²) in [5.41, 5.74) is 9.29. The first kappa shape index (κ1) is 29.0. The van der Waals surface area contributed by atoms with Crippen LogP contribution in [-0.2, 0) is 24.8 Å². The van der Waals surface area contributed by atoms with Gasteiger partial charge in [0.15, 0.2) is 0 Å². The molecule has 11 nitrogen and oxygen atoms in total. The first-order chi connectivity index (χ1) is 17.8. The van der Waals surface area contributed by atoms with Gasteiger partial charge in [-0.2, -0.15) is 4.31 Å². The highest BCUT2D eigenvalue weighted by atomic mass is 32.2. The van der Waals surface area contributed by atoms with Gasteiger partial charge in [0.25, 0.3) is 0 Å². The van der Waals surface area contributed by atoms with Crippen LogP contribution in [0, 0.1) is 0 Å². The Bertz CT molecular complexity index is 1530. The zero-order valence-corrected chi connectivity index (χ0v) is 22.9. The van der Waals surface area contributed by atoms with E-state index in [9.17, 15) is 21.6 Å². The van der Waals surface area contributed by atoms with E-state index in [1.165, 1.54) is 6.07 Å².